The molecule has 0 spiro atoms. The molecule has 8 heterocycles. The topological polar surface area (TPSA) is 149 Å². The summed E-state index contributed by atoms with van der Waals surface area (Å²) < 4.78 is 11.6. The molecule has 6 aliphatic rings. The first-order valence-corrected chi connectivity index (χ1v) is 22.1. The van der Waals surface area contributed by atoms with Crippen LogP contribution in [-0.2, 0) is 33.8 Å². The van der Waals surface area contributed by atoms with E-state index in [1.165, 1.54) is 24.3 Å². The van der Waals surface area contributed by atoms with Gasteiger partial charge in [-0.2, -0.15) is 0 Å². The number of rotatable bonds is 8. The summed E-state index contributed by atoms with van der Waals surface area (Å²) in [5.41, 5.74) is 8.45. The predicted octanol–water partition coefficient (Wildman–Crippen LogP) is 5.39. The molecule has 0 radical (unpaired) electrons. The Morgan fingerprint density at radius 3 is 2.39 bits per heavy atom. The minimum atomic E-state index is -0.612. The van der Waals surface area contributed by atoms with Crippen molar-refractivity contribution in [2.75, 3.05) is 79.0 Å². The lowest BCUT2D eigenvalue weighted by Crippen LogP contribution is -2.59. The maximum Gasteiger partial charge on any atom is 0.415 e. The van der Waals surface area contributed by atoms with Crippen LogP contribution in [-0.4, -0.2) is 113 Å². The summed E-state index contributed by atoms with van der Waals surface area (Å²) >= 11 is 0. The fourth-order valence-electron chi connectivity index (χ4n) is 10.2. The lowest BCUT2D eigenvalue weighted by atomic mass is 9.90. The first kappa shape index (κ1) is 40.3. The molecule has 0 bridgehead atoms. The molecule has 2 aromatic carbocycles. The fourth-order valence-corrected chi connectivity index (χ4v) is 10.2. The number of fused-ring (bicyclic) bond motifs is 3. The normalized spacial score (nSPS) is 23.0. The zero-order chi connectivity index (χ0) is 42.7. The number of ether oxygens (including phenoxy) is 2. The van der Waals surface area contributed by atoms with E-state index >= 15 is 0 Å². The number of anilines is 5. The highest BCUT2D eigenvalue weighted by Crippen LogP contribution is 2.40. The minimum Gasteiger partial charge on any atom is -0.474 e. The predicted molar refractivity (Wildman–Crippen MR) is 236 cm³/mol. The van der Waals surface area contributed by atoms with Crippen LogP contribution in [0.15, 0.2) is 60.9 Å². The molecule has 15 heteroatoms. The van der Waals surface area contributed by atoms with Crippen LogP contribution in [0.2, 0.25) is 0 Å². The number of hydrogen-bond donors (Lipinski definition) is 2. The van der Waals surface area contributed by atoms with E-state index in [1.54, 1.807) is 4.90 Å². The Morgan fingerprint density at radius 1 is 0.903 bits per heavy atom. The number of benzene rings is 2. The quantitative estimate of drug-likeness (QED) is 0.219. The molecule has 2 N–H and O–H groups in total. The summed E-state index contributed by atoms with van der Waals surface area (Å²) in [6, 6.07) is 17.6. The number of pyridine rings is 1. The van der Waals surface area contributed by atoms with Crippen molar-refractivity contribution >= 4 is 46.6 Å². The van der Waals surface area contributed by atoms with E-state index in [2.05, 4.69) is 88.7 Å². The molecule has 62 heavy (non-hydrogen) atoms. The van der Waals surface area contributed by atoms with E-state index in [0.29, 0.717) is 67.9 Å². The maximum atomic E-state index is 13.2. The second kappa shape index (κ2) is 16.2. The van der Waals surface area contributed by atoms with Gasteiger partial charge in [0.1, 0.15) is 17.9 Å². The van der Waals surface area contributed by atoms with Crippen molar-refractivity contribution in [2.24, 2.45) is 11.8 Å². The average molecular weight is 841 g/mol. The third kappa shape index (κ3) is 8.15. The number of nitrogens with zero attached hydrogens (tertiary/aromatic N) is 8. The molecule has 0 saturated carbocycles. The molecule has 324 valence electrons. The van der Waals surface area contributed by atoms with E-state index in [4.69, 9.17) is 14.5 Å². The minimum absolute atomic E-state index is 0.175. The number of imide groups is 1. The molecule has 10 rings (SSSR count). The summed E-state index contributed by atoms with van der Waals surface area (Å²) in [6.07, 6.45) is 5.15. The zero-order valence-electron chi connectivity index (χ0n) is 36.1. The molecular formula is C47H56N10O5. The van der Waals surface area contributed by atoms with Gasteiger partial charge in [0.25, 0.3) is 0 Å². The van der Waals surface area contributed by atoms with E-state index in [9.17, 15) is 14.4 Å². The molecule has 4 aromatic rings. The Morgan fingerprint density at radius 2 is 1.66 bits per heavy atom. The molecule has 15 nitrogen and oxygen atoms in total. The average Bonchev–Trinajstić information content (AvgIpc) is 3.79. The Bertz CT molecular complexity index is 2350. The largest absolute Gasteiger partial charge is 0.474 e. The Hall–Kier alpha value is -5.80. The van der Waals surface area contributed by atoms with Gasteiger partial charge in [-0.25, -0.2) is 19.7 Å². The SMILES string of the molecule is Cc1c(N2CCc3cnc(Nc4ccc(CN5CC6CN(C7CN(c8ccc(C9CCC(=O)NC9=O)cc8)C7)CC6C5)cc4)nc3C2)cnc2c1N(C(=O)OC(C)(C)C)CCO2. The van der Waals surface area contributed by atoms with Crippen LogP contribution in [0, 0.1) is 18.8 Å². The number of carbonyl (C=O) groups excluding carboxylic acids is 3. The number of piperidine rings is 1. The Balaban J connectivity index is 0.700. The van der Waals surface area contributed by atoms with E-state index < -0.39 is 11.7 Å². The summed E-state index contributed by atoms with van der Waals surface area (Å²) in [4.78, 5) is 63.0. The monoisotopic (exact) mass is 840 g/mol. The Labute approximate surface area is 362 Å². The van der Waals surface area contributed by atoms with Crippen molar-refractivity contribution in [2.45, 2.75) is 77.6 Å². The number of carbonyl (C=O) groups is 3. The van der Waals surface area contributed by atoms with Gasteiger partial charge in [0, 0.05) is 88.0 Å². The van der Waals surface area contributed by atoms with Crippen molar-refractivity contribution in [1.29, 1.82) is 0 Å². The van der Waals surface area contributed by atoms with Crippen LogP contribution in [0.25, 0.3) is 0 Å². The Kier molecular flexibility index (Phi) is 10.5. The van der Waals surface area contributed by atoms with Gasteiger partial charge in [0.15, 0.2) is 0 Å². The van der Waals surface area contributed by atoms with Crippen molar-refractivity contribution in [3.05, 3.63) is 88.9 Å². The van der Waals surface area contributed by atoms with Gasteiger partial charge in [0.05, 0.1) is 36.6 Å². The van der Waals surface area contributed by atoms with Gasteiger partial charge in [-0.15, -0.1) is 0 Å². The second-order valence-corrected chi connectivity index (χ2v) is 18.9. The van der Waals surface area contributed by atoms with Gasteiger partial charge in [0.2, 0.25) is 23.6 Å². The van der Waals surface area contributed by atoms with Gasteiger partial charge >= 0.3 is 6.09 Å². The molecular weight excluding hydrogens is 785 g/mol. The van der Waals surface area contributed by atoms with Gasteiger partial charge < -0.3 is 24.6 Å². The highest BCUT2D eigenvalue weighted by molar-refractivity contribution is 6.01. The number of nitrogens with one attached hydrogen (secondary N) is 2. The molecule has 3 atom stereocenters. The van der Waals surface area contributed by atoms with Crippen LogP contribution < -0.4 is 30.1 Å². The van der Waals surface area contributed by atoms with Crippen LogP contribution in [0.3, 0.4) is 0 Å². The van der Waals surface area contributed by atoms with Gasteiger partial charge in [-0.1, -0.05) is 24.3 Å². The molecule has 3 amide bonds. The highest BCUT2D eigenvalue weighted by atomic mass is 16.6. The van der Waals surface area contributed by atoms with Crippen molar-refractivity contribution in [3.8, 4) is 5.88 Å². The van der Waals surface area contributed by atoms with Crippen LogP contribution in [0.1, 0.15) is 67.5 Å². The number of amides is 3. The standard InChI is InChI=1S/C47H56N10O5/c1-29-40(20-48-44-42(29)57(17-18-61-44)46(60)62-47(2,3)4)54-16-15-32-19-49-45(51-39(32)28-54)50-35-9-5-30(6-10-35)21-53-22-33-24-55(25-34(33)23-53)37-26-56(27-37)36-11-7-31(8-12-36)38-13-14-41(58)52-43(38)59/h5-12,19-20,33-34,37-38H,13-18,21-28H2,1-4H3,(H,49,50,51)(H,52,58,59). The van der Waals surface area contributed by atoms with Gasteiger partial charge in [-0.05, 0) is 93.3 Å². The maximum absolute atomic E-state index is 13.2. The molecule has 3 unspecified atom stereocenters. The van der Waals surface area contributed by atoms with Gasteiger partial charge in [-0.3, -0.25) is 29.6 Å². The lowest BCUT2D eigenvalue weighted by molar-refractivity contribution is -0.134. The molecule has 4 saturated heterocycles. The highest BCUT2D eigenvalue weighted by Gasteiger charge is 2.44. The van der Waals surface area contributed by atoms with E-state index in [0.717, 1.165) is 79.4 Å². The van der Waals surface area contributed by atoms with E-state index in [1.807, 2.05) is 40.1 Å². The third-order valence-corrected chi connectivity index (χ3v) is 13.5. The molecule has 6 aliphatic heterocycles. The van der Waals surface area contributed by atoms with Crippen LogP contribution >= 0.6 is 0 Å². The van der Waals surface area contributed by atoms with Crippen molar-refractivity contribution in [3.63, 3.8) is 0 Å². The van der Waals surface area contributed by atoms with Crippen LogP contribution in [0.5, 0.6) is 5.88 Å². The number of aromatic nitrogens is 3. The molecule has 4 fully saturated rings. The summed E-state index contributed by atoms with van der Waals surface area (Å²) in [5, 5.41) is 5.91. The fraction of sp³-hybridized carbons (Fsp3) is 0.489. The number of likely N-dealkylation sites (tertiary alicyclic amines) is 2. The second-order valence-electron chi connectivity index (χ2n) is 18.9. The van der Waals surface area contributed by atoms with Crippen molar-refractivity contribution < 1.29 is 23.9 Å². The summed E-state index contributed by atoms with van der Waals surface area (Å²) in [7, 11) is 0. The number of hydrogen-bond acceptors (Lipinski definition) is 13. The summed E-state index contributed by atoms with van der Waals surface area (Å²) in [5.74, 6) is 1.84. The van der Waals surface area contributed by atoms with Crippen molar-refractivity contribution in [1.82, 2.24) is 30.1 Å². The smallest absolute Gasteiger partial charge is 0.415 e. The first-order valence-electron chi connectivity index (χ1n) is 22.1. The lowest BCUT2D eigenvalue weighted by Gasteiger charge is -2.46. The summed E-state index contributed by atoms with van der Waals surface area (Å²) in [6.45, 7) is 17.4. The molecule has 2 aromatic heterocycles. The first-order chi connectivity index (χ1) is 29.9. The molecule has 0 aliphatic carbocycles. The third-order valence-electron chi connectivity index (χ3n) is 13.5. The zero-order valence-corrected chi connectivity index (χ0v) is 36.1. The van der Waals surface area contributed by atoms with Crippen LogP contribution in [0.4, 0.5) is 33.5 Å². The van der Waals surface area contributed by atoms with E-state index in [-0.39, 0.29) is 17.7 Å².